The molecular formula is C17H21O3PS2. The number of benzene rings is 2. The van der Waals surface area contributed by atoms with Gasteiger partial charge < -0.3 is 14.2 Å². The number of hydrogen-bond acceptors (Lipinski definition) is 4. The van der Waals surface area contributed by atoms with Gasteiger partial charge in [0.1, 0.15) is 16.3 Å². The van der Waals surface area contributed by atoms with Crippen LogP contribution in [0.2, 0.25) is 0 Å². The highest BCUT2D eigenvalue weighted by molar-refractivity contribution is 8.64. The molecule has 0 aliphatic carbocycles. The highest BCUT2D eigenvalue weighted by Crippen LogP contribution is 2.51. The van der Waals surface area contributed by atoms with E-state index in [2.05, 4.69) is 6.92 Å². The summed E-state index contributed by atoms with van der Waals surface area (Å²) in [7, 11) is -0.776. The van der Waals surface area contributed by atoms with Gasteiger partial charge in [-0.25, -0.2) is 0 Å². The van der Waals surface area contributed by atoms with Gasteiger partial charge in [-0.1, -0.05) is 49.7 Å². The molecule has 0 aromatic heterocycles. The van der Waals surface area contributed by atoms with Crippen LogP contribution >= 0.6 is 5.69 Å². The fourth-order valence-corrected chi connectivity index (χ4v) is 7.32. The van der Waals surface area contributed by atoms with Crippen molar-refractivity contribution in [3.8, 4) is 5.75 Å². The van der Waals surface area contributed by atoms with Crippen LogP contribution in [0.25, 0.3) is 0 Å². The van der Waals surface area contributed by atoms with Gasteiger partial charge in [-0.3, -0.25) is 0 Å². The van der Waals surface area contributed by atoms with E-state index >= 15 is 0 Å². The molecule has 23 heavy (non-hydrogen) atoms. The Kier molecular flexibility index (Phi) is 7.60. The van der Waals surface area contributed by atoms with Gasteiger partial charge in [-0.15, -0.1) is 0 Å². The number of ether oxygens (including phenoxy) is 1. The SMILES string of the molecule is CCCCOC[S+](c1ccccc1)P([O-])(=S)Oc1ccccc1. The summed E-state index contributed by atoms with van der Waals surface area (Å²) in [5.41, 5.74) is -3.31. The molecule has 0 bridgehead atoms. The summed E-state index contributed by atoms with van der Waals surface area (Å²) in [4.78, 5) is 14.0. The Hall–Kier alpha value is -0.840. The van der Waals surface area contributed by atoms with E-state index in [-0.39, 0.29) is 0 Å². The van der Waals surface area contributed by atoms with Crippen molar-refractivity contribution in [3.63, 3.8) is 0 Å². The summed E-state index contributed by atoms with van der Waals surface area (Å²) in [6, 6.07) is 18.7. The van der Waals surface area contributed by atoms with Crippen LogP contribution in [0.3, 0.4) is 0 Å². The second kappa shape index (κ2) is 9.45. The van der Waals surface area contributed by atoms with Gasteiger partial charge in [0.05, 0.1) is 6.61 Å². The van der Waals surface area contributed by atoms with Crippen molar-refractivity contribution in [1.82, 2.24) is 0 Å². The van der Waals surface area contributed by atoms with Gasteiger partial charge in [-0.05, 0) is 42.5 Å². The Morgan fingerprint density at radius 2 is 1.65 bits per heavy atom. The predicted octanol–water partition coefficient (Wildman–Crippen LogP) is 4.10. The highest BCUT2D eigenvalue weighted by atomic mass is 32.9. The lowest BCUT2D eigenvalue weighted by atomic mass is 10.3. The number of rotatable bonds is 9. The Morgan fingerprint density at radius 3 is 2.26 bits per heavy atom. The van der Waals surface area contributed by atoms with Crippen molar-refractivity contribution < 1.29 is 14.2 Å². The van der Waals surface area contributed by atoms with Gasteiger partial charge in [0, 0.05) is 0 Å². The fourth-order valence-electron chi connectivity index (χ4n) is 1.88. The molecule has 0 amide bonds. The lowest BCUT2D eigenvalue weighted by Crippen LogP contribution is -2.22. The molecule has 0 spiro atoms. The second-order valence-corrected chi connectivity index (χ2v) is 12.3. The van der Waals surface area contributed by atoms with Gasteiger partial charge in [0.15, 0.2) is 4.90 Å². The zero-order chi connectivity index (χ0) is 16.5. The average Bonchev–Trinajstić information content (AvgIpc) is 2.56. The molecule has 0 heterocycles. The lowest BCUT2D eigenvalue weighted by Gasteiger charge is -2.26. The van der Waals surface area contributed by atoms with E-state index in [9.17, 15) is 4.89 Å². The van der Waals surface area contributed by atoms with Crippen LogP contribution in [0.5, 0.6) is 5.75 Å². The minimum Gasteiger partial charge on any atom is -0.749 e. The largest absolute Gasteiger partial charge is 0.749 e. The number of hydrogen-bond donors (Lipinski definition) is 0. The molecule has 0 fully saturated rings. The van der Waals surface area contributed by atoms with E-state index in [1.807, 2.05) is 48.5 Å². The zero-order valence-electron chi connectivity index (χ0n) is 13.1. The summed E-state index contributed by atoms with van der Waals surface area (Å²) in [5.74, 6) is 0.866. The first-order chi connectivity index (χ1) is 11.1. The molecule has 2 atom stereocenters. The van der Waals surface area contributed by atoms with Crippen molar-refractivity contribution in [1.29, 1.82) is 0 Å². The summed E-state index contributed by atoms with van der Waals surface area (Å²) >= 11 is 5.37. The van der Waals surface area contributed by atoms with Crippen LogP contribution in [-0.2, 0) is 27.1 Å². The number of para-hydroxylation sites is 1. The van der Waals surface area contributed by atoms with E-state index in [0.717, 1.165) is 17.7 Å². The van der Waals surface area contributed by atoms with Crippen molar-refractivity contribution in [3.05, 3.63) is 60.7 Å². The first kappa shape index (κ1) is 18.5. The maximum atomic E-state index is 13.1. The number of unbranched alkanes of at least 4 members (excludes halogenated alkanes) is 1. The molecule has 2 aromatic rings. The predicted molar refractivity (Wildman–Crippen MR) is 99.2 cm³/mol. The Bertz CT molecular complexity index is 622. The second-order valence-electron chi connectivity index (χ2n) is 4.91. The molecule has 2 rings (SSSR count). The molecule has 3 nitrogen and oxygen atoms in total. The average molecular weight is 368 g/mol. The molecular weight excluding hydrogens is 347 g/mol. The maximum absolute atomic E-state index is 13.1. The van der Waals surface area contributed by atoms with E-state index < -0.39 is 16.2 Å². The van der Waals surface area contributed by atoms with Crippen LogP contribution < -0.4 is 9.42 Å². The van der Waals surface area contributed by atoms with Crippen LogP contribution in [-0.4, -0.2) is 12.5 Å². The first-order valence-electron chi connectivity index (χ1n) is 7.53. The summed E-state index contributed by atoms with van der Waals surface area (Å²) < 4.78 is 11.4. The third kappa shape index (κ3) is 5.94. The summed E-state index contributed by atoms with van der Waals surface area (Å²) in [6.07, 6.45) is 2.04. The minimum absolute atomic E-state index is 0.331. The topological polar surface area (TPSA) is 41.5 Å². The quantitative estimate of drug-likeness (QED) is 0.380. The van der Waals surface area contributed by atoms with Gasteiger partial charge in [0.25, 0.3) is 5.69 Å². The van der Waals surface area contributed by atoms with E-state index in [4.69, 9.17) is 21.1 Å². The van der Waals surface area contributed by atoms with Crippen molar-refractivity contribution in [2.24, 2.45) is 0 Å². The Balaban J connectivity index is 2.16. The van der Waals surface area contributed by atoms with Gasteiger partial charge in [-0.2, -0.15) is 0 Å². The molecule has 0 aliphatic rings. The van der Waals surface area contributed by atoms with Crippen LogP contribution in [0.1, 0.15) is 19.8 Å². The Labute approximate surface area is 145 Å². The van der Waals surface area contributed by atoms with Gasteiger partial charge in [0.2, 0.25) is 5.94 Å². The monoisotopic (exact) mass is 368 g/mol. The van der Waals surface area contributed by atoms with Crippen LogP contribution in [0.15, 0.2) is 65.6 Å². The van der Waals surface area contributed by atoms with Gasteiger partial charge >= 0.3 is 0 Å². The highest BCUT2D eigenvalue weighted by Gasteiger charge is 2.34. The minimum atomic E-state index is -3.31. The molecule has 0 saturated heterocycles. The lowest BCUT2D eigenvalue weighted by molar-refractivity contribution is -0.168. The summed E-state index contributed by atoms with van der Waals surface area (Å²) in [5, 5.41) is 0. The van der Waals surface area contributed by atoms with Crippen molar-refractivity contribution in [2.75, 3.05) is 12.5 Å². The van der Waals surface area contributed by atoms with Crippen LogP contribution in [0, 0.1) is 0 Å². The maximum Gasteiger partial charge on any atom is 0.257 e. The first-order valence-corrected chi connectivity index (χ1v) is 12.2. The van der Waals surface area contributed by atoms with Crippen molar-refractivity contribution in [2.45, 2.75) is 24.7 Å². The molecule has 0 saturated carbocycles. The summed E-state index contributed by atoms with van der Waals surface area (Å²) in [6.45, 7) is 2.75. The molecule has 2 aromatic carbocycles. The molecule has 0 aliphatic heterocycles. The smallest absolute Gasteiger partial charge is 0.257 e. The molecule has 0 N–H and O–H groups in total. The molecule has 124 valence electrons. The molecule has 2 unspecified atom stereocenters. The Morgan fingerprint density at radius 1 is 1.04 bits per heavy atom. The third-order valence-electron chi connectivity index (χ3n) is 3.08. The van der Waals surface area contributed by atoms with E-state index in [1.165, 1.54) is 0 Å². The third-order valence-corrected chi connectivity index (χ3v) is 9.90. The molecule has 0 radical (unpaired) electrons. The fraction of sp³-hybridized carbons (Fsp3) is 0.294. The van der Waals surface area contributed by atoms with Crippen LogP contribution in [0.4, 0.5) is 0 Å². The standard InChI is InChI=1S/C17H21O3PS2/c1-2-3-14-19-15-23(17-12-8-5-9-13-17)21(18,22)20-16-10-6-4-7-11-16/h4-13H,2-3,14-15H2,1H3. The van der Waals surface area contributed by atoms with E-state index in [1.54, 1.807) is 12.1 Å². The molecule has 6 heteroatoms. The normalized spacial score (nSPS) is 14.9. The van der Waals surface area contributed by atoms with E-state index in [0.29, 0.717) is 18.3 Å². The van der Waals surface area contributed by atoms with Crippen molar-refractivity contribution >= 4 is 28.0 Å². The zero-order valence-corrected chi connectivity index (χ0v) is 15.6.